The fourth-order valence-corrected chi connectivity index (χ4v) is 10.00. The molecule has 9 rings (SSSR count). The highest BCUT2D eigenvalue weighted by Gasteiger charge is 2.53. The standard InChI is InChI=1S/C36H36ClF3N8O2S/c1-17-14-46(34(49)30-28(43-30)18-3-4-18)9-10-48(17)33-21-11-23(37)26(20-5-6-24(39)31-25(20)22(13-41)32(42)51-31)27(40)29(21)44-35(45-33)50-16-36-7-2-8-47(36)15-19(38)12-36/h5-6,11,17-19,28,30,43H,2-4,7-10,12,14-16,42H2,1H3/t17-,19+,28-,30+,36-/m0/s1. The van der Waals surface area contributed by atoms with Gasteiger partial charge in [0.05, 0.1) is 20.8 Å². The number of alkyl halides is 1. The number of carbonyl (C=O) groups is 1. The molecule has 0 unspecified atom stereocenters. The molecule has 1 aliphatic carbocycles. The van der Waals surface area contributed by atoms with Crippen molar-refractivity contribution in [2.45, 2.75) is 68.9 Å². The molecule has 10 nitrogen and oxygen atoms in total. The number of carbonyl (C=O) groups excluding carboxylic acids is 1. The first-order valence-electron chi connectivity index (χ1n) is 17.5. The van der Waals surface area contributed by atoms with Gasteiger partial charge < -0.3 is 20.3 Å². The molecule has 6 heterocycles. The van der Waals surface area contributed by atoms with Gasteiger partial charge >= 0.3 is 6.01 Å². The first-order chi connectivity index (χ1) is 24.6. The van der Waals surface area contributed by atoms with Crippen LogP contribution in [0.15, 0.2) is 18.2 Å². The fourth-order valence-electron chi connectivity index (χ4n) is 8.76. The summed E-state index contributed by atoms with van der Waals surface area (Å²) in [5.41, 5.74) is 5.74. The molecule has 4 aliphatic heterocycles. The van der Waals surface area contributed by atoms with Gasteiger partial charge in [0.1, 0.15) is 47.0 Å². The second-order valence-electron chi connectivity index (χ2n) is 14.7. The number of nitrogens with zero attached hydrogens (tertiary/aromatic N) is 6. The molecule has 5 aliphatic rings. The van der Waals surface area contributed by atoms with Gasteiger partial charge in [-0.25, -0.2) is 13.2 Å². The smallest absolute Gasteiger partial charge is 0.319 e. The number of ether oxygens (including phenoxy) is 1. The highest BCUT2D eigenvalue weighted by molar-refractivity contribution is 7.23. The highest BCUT2D eigenvalue weighted by atomic mass is 35.5. The molecule has 5 fully saturated rings. The van der Waals surface area contributed by atoms with E-state index < -0.39 is 23.3 Å². The Morgan fingerprint density at radius 1 is 1.24 bits per heavy atom. The maximum absolute atomic E-state index is 17.1. The summed E-state index contributed by atoms with van der Waals surface area (Å²) in [5.74, 6) is -0.267. The molecule has 2 aromatic heterocycles. The molecule has 0 spiro atoms. The van der Waals surface area contributed by atoms with Gasteiger partial charge in [0.2, 0.25) is 5.91 Å². The highest BCUT2D eigenvalue weighted by Crippen LogP contribution is 2.47. The van der Waals surface area contributed by atoms with Crippen LogP contribution in [-0.2, 0) is 4.79 Å². The largest absolute Gasteiger partial charge is 0.461 e. The van der Waals surface area contributed by atoms with E-state index in [1.165, 1.54) is 12.1 Å². The molecule has 4 saturated heterocycles. The number of rotatable bonds is 7. The monoisotopic (exact) mass is 736 g/mol. The van der Waals surface area contributed by atoms with E-state index in [1.54, 1.807) is 6.07 Å². The van der Waals surface area contributed by atoms with Gasteiger partial charge in [-0.1, -0.05) is 17.7 Å². The third kappa shape index (κ3) is 5.38. The molecular formula is C36H36ClF3N8O2S. The van der Waals surface area contributed by atoms with Crippen molar-refractivity contribution in [3.8, 4) is 23.2 Å². The maximum Gasteiger partial charge on any atom is 0.319 e. The van der Waals surface area contributed by atoms with E-state index in [4.69, 9.17) is 27.1 Å². The Balaban J connectivity index is 1.12. The summed E-state index contributed by atoms with van der Waals surface area (Å²) in [6.07, 6.45) is 3.43. The van der Waals surface area contributed by atoms with E-state index in [-0.39, 0.29) is 79.0 Å². The molecule has 1 saturated carbocycles. The van der Waals surface area contributed by atoms with Crippen LogP contribution in [0.1, 0.15) is 44.6 Å². The molecule has 5 atom stereocenters. The van der Waals surface area contributed by atoms with Crippen molar-refractivity contribution in [1.82, 2.24) is 25.1 Å². The van der Waals surface area contributed by atoms with Crippen LogP contribution in [0.4, 0.5) is 24.0 Å². The topological polar surface area (TPSA) is 134 Å². The number of nitrogen functional groups attached to an aromatic ring is 1. The molecule has 15 heteroatoms. The van der Waals surface area contributed by atoms with Crippen LogP contribution >= 0.6 is 22.9 Å². The van der Waals surface area contributed by atoms with Crippen molar-refractivity contribution < 1.29 is 22.7 Å². The van der Waals surface area contributed by atoms with Crippen LogP contribution in [0.3, 0.4) is 0 Å². The van der Waals surface area contributed by atoms with Crippen LogP contribution < -0.4 is 20.7 Å². The Kier molecular flexibility index (Phi) is 7.81. The molecule has 1 amide bonds. The number of hydrogen-bond acceptors (Lipinski definition) is 10. The zero-order valence-corrected chi connectivity index (χ0v) is 29.5. The number of thiophene rings is 1. The van der Waals surface area contributed by atoms with Gasteiger partial charge in [-0.3, -0.25) is 15.0 Å². The number of anilines is 2. The second kappa shape index (κ2) is 12.1. The first kappa shape index (κ1) is 33.0. The van der Waals surface area contributed by atoms with E-state index in [0.717, 1.165) is 43.6 Å². The number of amides is 1. The summed E-state index contributed by atoms with van der Waals surface area (Å²) in [4.78, 5) is 28.8. The van der Waals surface area contributed by atoms with E-state index in [9.17, 15) is 18.8 Å². The predicted molar refractivity (Wildman–Crippen MR) is 190 cm³/mol. The van der Waals surface area contributed by atoms with Gasteiger partial charge in [-0.2, -0.15) is 15.2 Å². The number of hydrogen-bond donors (Lipinski definition) is 2. The molecule has 0 radical (unpaired) electrons. The third-order valence-corrected chi connectivity index (χ3v) is 12.8. The number of aromatic nitrogens is 2. The second-order valence-corrected chi connectivity index (χ2v) is 16.2. The quantitative estimate of drug-likeness (QED) is 0.231. The zero-order valence-electron chi connectivity index (χ0n) is 27.9. The fraction of sp³-hybridized carbons (Fsp3) is 0.500. The lowest BCUT2D eigenvalue weighted by Gasteiger charge is -2.41. The normalized spacial score (nSPS) is 27.7. The number of halogens is 4. The summed E-state index contributed by atoms with van der Waals surface area (Å²) in [6.45, 7) is 4.61. The molecule has 3 N–H and O–H groups in total. The number of nitriles is 1. The number of nitrogens with two attached hydrogens (primary N) is 1. The van der Waals surface area contributed by atoms with Crippen LogP contribution in [0.25, 0.3) is 32.1 Å². The zero-order chi connectivity index (χ0) is 35.3. The number of piperazine rings is 1. The molecule has 266 valence electrons. The average Bonchev–Trinajstić information content (AvgIpc) is 4.00. The Bertz CT molecular complexity index is 2160. The van der Waals surface area contributed by atoms with Crippen molar-refractivity contribution in [3.63, 3.8) is 0 Å². The van der Waals surface area contributed by atoms with Gasteiger partial charge in [0.15, 0.2) is 5.82 Å². The van der Waals surface area contributed by atoms with Gasteiger partial charge in [-0.15, -0.1) is 11.3 Å². The van der Waals surface area contributed by atoms with E-state index in [2.05, 4.69) is 15.2 Å². The summed E-state index contributed by atoms with van der Waals surface area (Å²) >= 11 is 7.81. The van der Waals surface area contributed by atoms with E-state index in [1.807, 2.05) is 22.8 Å². The minimum Gasteiger partial charge on any atom is -0.461 e. The Morgan fingerprint density at radius 3 is 2.82 bits per heavy atom. The van der Waals surface area contributed by atoms with Crippen LogP contribution in [0.5, 0.6) is 6.01 Å². The minimum absolute atomic E-state index is 0.0212. The molecular weight excluding hydrogens is 701 g/mol. The average molecular weight is 737 g/mol. The van der Waals surface area contributed by atoms with Crippen LogP contribution in [0.2, 0.25) is 5.02 Å². The first-order valence-corrected chi connectivity index (χ1v) is 18.7. The third-order valence-electron chi connectivity index (χ3n) is 11.5. The molecule has 2 aromatic carbocycles. The number of benzene rings is 2. The Morgan fingerprint density at radius 2 is 2.06 bits per heavy atom. The summed E-state index contributed by atoms with van der Waals surface area (Å²) in [7, 11) is 0. The van der Waals surface area contributed by atoms with Crippen LogP contribution in [0, 0.1) is 28.9 Å². The number of nitrogens with one attached hydrogen (secondary N) is 1. The van der Waals surface area contributed by atoms with E-state index >= 15 is 4.39 Å². The SMILES string of the molecule is C[C@H]1CN(C(=O)[C@@H]2N[C@H]2C2CC2)CCN1c1nc(OC[C@@]23CCCN2C[C@H](F)C3)nc2c(F)c(-c3ccc(F)c4sc(N)c(C#N)c34)c(Cl)cc12. The number of fused-ring (bicyclic) bond motifs is 3. The molecule has 51 heavy (non-hydrogen) atoms. The lowest BCUT2D eigenvalue weighted by Crippen LogP contribution is -2.55. The van der Waals surface area contributed by atoms with Crippen LogP contribution in [-0.4, -0.2) is 94.8 Å². The van der Waals surface area contributed by atoms with Gasteiger partial charge in [0.25, 0.3) is 0 Å². The lowest BCUT2D eigenvalue weighted by atomic mass is 9.95. The maximum atomic E-state index is 17.1. The Hall–Kier alpha value is -3.90. The Labute approximate surface area is 301 Å². The van der Waals surface area contributed by atoms with Crippen molar-refractivity contribution in [2.75, 3.05) is 50.0 Å². The van der Waals surface area contributed by atoms with Crippen molar-refractivity contribution in [2.24, 2.45) is 5.92 Å². The van der Waals surface area contributed by atoms with Crippen molar-refractivity contribution in [3.05, 3.63) is 40.4 Å². The summed E-state index contributed by atoms with van der Waals surface area (Å²) in [6, 6.07) is 6.11. The predicted octanol–water partition coefficient (Wildman–Crippen LogP) is 5.64. The van der Waals surface area contributed by atoms with Gasteiger partial charge in [0, 0.05) is 61.0 Å². The van der Waals surface area contributed by atoms with E-state index in [0.29, 0.717) is 49.7 Å². The lowest BCUT2D eigenvalue weighted by molar-refractivity contribution is -0.131. The molecule has 4 aromatic rings. The minimum atomic E-state index is -0.952. The summed E-state index contributed by atoms with van der Waals surface area (Å²) in [5, 5.41) is 13.9. The van der Waals surface area contributed by atoms with Crippen molar-refractivity contribution >= 4 is 60.7 Å². The van der Waals surface area contributed by atoms with Gasteiger partial charge in [-0.05, 0) is 62.8 Å². The van der Waals surface area contributed by atoms with Crippen molar-refractivity contribution in [1.29, 1.82) is 5.26 Å². The molecule has 0 bridgehead atoms. The summed E-state index contributed by atoms with van der Waals surface area (Å²) < 4.78 is 53.1.